The number of hydrogen-bond donors (Lipinski definition) is 0. The van der Waals surface area contributed by atoms with E-state index in [1.807, 2.05) is 131 Å². The van der Waals surface area contributed by atoms with Crippen molar-refractivity contribution in [1.29, 1.82) is 0 Å². The molecule has 0 N–H and O–H groups in total. The van der Waals surface area contributed by atoms with Crippen LogP contribution >= 0.6 is 22.7 Å². The number of thiazole rings is 1. The van der Waals surface area contributed by atoms with Crippen LogP contribution in [0.1, 0.15) is 22.3 Å². The first kappa shape index (κ1) is 46.1. The zero-order valence-corrected chi connectivity index (χ0v) is 45.8. The summed E-state index contributed by atoms with van der Waals surface area (Å²) in [5.41, 5.74) is 22.2. The summed E-state index contributed by atoms with van der Waals surface area (Å²) in [5, 5.41) is 1.27. The molecule has 0 radical (unpaired) electrons. The van der Waals surface area contributed by atoms with Gasteiger partial charge in [-0.1, -0.05) is 30.3 Å². The second-order valence-corrected chi connectivity index (χ2v) is 23.1. The van der Waals surface area contributed by atoms with Crippen molar-refractivity contribution >= 4 is 92.9 Å². The van der Waals surface area contributed by atoms with E-state index in [-0.39, 0.29) is 0 Å². The van der Waals surface area contributed by atoms with Gasteiger partial charge in [-0.25, -0.2) is 58.0 Å². The van der Waals surface area contributed by atoms with Gasteiger partial charge in [0.15, 0.2) is 56.4 Å². The fourth-order valence-electron chi connectivity index (χ4n) is 12.7. The van der Waals surface area contributed by atoms with Crippen molar-refractivity contribution in [3.05, 3.63) is 218 Å². The Kier molecular flexibility index (Phi) is 9.80. The van der Waals surface area contributed by atoms with Gasteiger partial charge in [-0.2, -0.15) is 9.13 Å². The van der Waals surface area contributed by atoms with Gasteiger partial charge in [-0.15, -0.1) is 15.9 Å². The lowest BCUT2D eigenvalue weighted by molar-refractivity contribution is -0.649. The Labute approximate surface area is 477 Å². The van der Waals surface area contributed by atoms with Crippen molar-refractivity contribution in [3.63, 3.8) is 0 Å². The minimum absolute atomic E-state index is 0.808. The molecule has 20 heterocycles. The van der Waals surface area contributed by atoms with Crippen molar-refractivity contribution in [2.45, 2.75) is 26.2 Å². The Hall–Kier alpha value is -10.7. The molecule has 4 aliphatic rings. The molecule has 0 atom stereocenters. The number of fused-ring (bicyclic) bond motifs is 28. The molecule has 16 aromatic heterocycles. The SMILES string of the molecule is C[n+]1c2n(c3cc4ncccn4c31)Cc1cccnc1-2.c1ccc(-n2c3[n+](c4cc5ncccn5c42)Cc2cccnc2-3)cc1.c1cnc2c(c1)C[n+]1c-2oc2c1cc1ncccn12.c1cnc2c(c1)C[n+]1c-2sc2sc3cccnc3c21. The smallest absolute Gasteiger partial charge is 0.378 e. The van der Waals surface area contributed by atoms with Crippen molar-refractivity contribution in [3.8, 4) is 51.0 Å². The summed E-state index contributed by atoms with van der Waals surface area (Å²) in [7, 11) is 2.09. The van der Waals surface area contributed by atoms with E-state index in [9.17, 15) is 0 Å². The van der Waals surface area contributed by atoms with Crippen LogP contribution in [0.4, 0.5) is 0 Å². The van der Waals surface area contributed by atoms with E-state index < -0.39 is 0 Å². The highest BCUT2D eigenvalue weighted by molar-refractivity contribution is 7.42. The molecule has 4 aliphatic heterocycles. The molecule has 0 saturated heterocycles. The monoisotopic (exact) mass is 1120 g/mol. The molecule has 20 heteroatoms. The largest absolute Gasteiger partial charge is 0.402 e. The molecule has 0 amide bonds. The number of aromatic nitrogens is 17. The normalized spacial score (nSPS) is 12.9. The molecule has 0 saturated carbocycles. The summed E-state index contributed by atoms with van der Waals surface area (Å²) in [5.74, 6) is 3.13. The topological polar surface area (TPSA) is 155 Å². The van der Waals surface area contributed by atoms with Crippen LogP contribution in [0.5, 0.6) is 0 Å². The quantitative estimate of drug-likeness (QED) is 0.146. The van der Waals surface area contributed by atoms with Crippen LogP contribution < -0.4 is 18.3 Å². The maximum Gasteiger partial charge on any atom is 0.402 e. The Morgan fingerprint density at radius 2 is 1.08 bits per heavy atom. The predicted octanol–water partition coefficient (Wildman–Crippen LogP) is 9.54. The van der Waals surface area contributed by atoms with Gasteiger partial charge in [0.25, 0.3) is 38.9 Å². The van der Waals surface area contributed by atoms with E-state index in [0.717, 1.165) is 106 Å². The summed E-state index contributed by atoms with van der Waals surface area (Å²) in [4.78, 5) is 36.0. The number of thiophene rings is 1. The molecule has 18 nitrogen and oxygen atoms in total. The summed E-state index contributed by atoms with van der Waals surface area (Å²) in [6.45, 7) is 3.45. The lowest BCUT2D eigenvalue weighted by Crippen LogP contribution is -2.31. The van der Waals surface area contributed by atoms with Gasteiger partial charge in [0, 0.05) is 85.2 Å². The van der Waals surface area contributed by atoms with Crippen molar-refractivity contribution in [2.24, 2.45) is 7.05 Å². The molecule has 17 aromatic rings. The minimum atomic E-state index is 0.808. The van der Waals surface area contributed by atoms with Gasteiger partial charge < -0.3 is 4.42 Å². The number of pyridine rings is 5. The summed E-state index contributed by atoms with van der Waals surface area (Å²) in [6, 6.07) is 43.3. The lowest BCUT2D eigenvalue weighted by Gasteiger charge is -2.02. The molecule has 21 rings (SSSR count). The molecule has 0 spiro atoms. The van der Waals surface area contributed by atoms with Crippen molar-refractivity contribution in [1.82, 2.24) is 62.2 Å². The van der Waals surface area contributed by atoms with Gasteiger partial charge in [0.2, 0.25) is 0 Å². The molecule has 394 valence electrons. The number of rotatable bonds is 1. The Balaban J connectivity index is 0.0000000851. The minimum Gasteiger partial charge on any atom is -0.378 e. The average Bonchev–Trinajstić information content (AvgIpc) is 1.90. The maximum absolute atomic E-state index is 6.01. The van der Waals surface area contributed by atoms with Crippen LogP contribution in [-0.4, -0.2) is 62.2 Å². The lowest BCUT2D eigenvalue weighted by atomic mass is 10.2. The first-order chi connectivity index (χ1) is 41.1. The van der Waals surface area contributed by atoms with Gasteiger partial charge in [0.1, 0.15) is 29.2 Å². The highest BCUT2D eigenvalue weighted by Gasteiger charge is 2.40. The van der Waals surface area contributed by atoms with Gasteiger partial charge in [-0.3, -0.25) is 8.80 Å². The van der Waals surface area contributed by atoms with E-state index in [4.69, 9.17) is 4.42 Å². The number of nitrogens with zero attached hydrogens (tertiary/aromatic N) is 17. The third kappa shape index (κ3) is 6.75. The van der Waals surface area contributed by atoms with Crippen LogP contribution in [-0.2, 0) is 33.2 Å². The van der Waals surface area contributed by atoms with Gasteiger partial charge >= 0.3 is 11.7 Å². The molecular formula is C63H43N17OS2+4. The molecular weight excluding hydrogens is 1070 g/mol. The summed E-state index contributed by atoms with van der Waals surface area (Å²) < 4.78 is 28.6. The standard InChI is InChI=1S/C20H14N5.C15H12N5.C14H9N4O.C14H8N3S2/c1-2-7-15(8-3-1)25-19-16(12-17-21-10-5-11-23(17)19)24-13-14-6-4-9-22-18(14)20(24)25;1-18-14-11(8-12-16-6-3-7-19(12)14)20-9-10-4-2-5-17-13(10)15(18)20;1-3-9-8-18-10-7-11-15-5-2-6-17(11)13(10)19-14(18)12(9)16-4-1;1-3-8-7-17-12-11-9(4-2-6-16-11)18-14(12)19-13(17)10(8)15-5-1/h1-12H,13H2;2-8H,9H2,1H3;1-7H,8H2;1-6H,7H2/q4*+1. The third-order valence-electron chi connectivity index (χ3n) is 16.2. The van der Waals surface area contributed by atoms with E-state index in [2.05, 4.69) is 162 Å². The third-order valence-corrected chi connectivity index (χ3v) is 18.6. The molecule has 1 aromatic carbocycles. The van der Waals surface area contributed by atoms with Crippen LogP contribution in [0.15, 0.2) is 200 Å². The van der Waals surface area contributed by atoms with Crippen LogP contribution in [0, 0.1) is 0 Å². The molecule has 0 fully saturated rings. The van der Waals surface area contributed by atoms with Crippen molar-refractivity contribution < 1.29 is 22.7 Å². The first-order valence-corrected chi connectivity index (χ1v) is 28.8. The van der Waals surface area contributed by atoms with E-state index >= 15 is 0 Å². The zero-order valence-electron chi connectivity index (χ0n) is 44.1. The van der Waals surface area contributed by atoms with E-state index in [0.29, 0.717) is 0 Å². The molecule has 0 aliphatic carbocycles. The number of imidazole rings is 2. The van der Waals surface area contributed by atoms with Crippen LogP contribution in [0.3, 0.4) is 0 Å². The van der Waals surface area contributed by atoms with Crippen LogP contribution in [0.2, 0.25) is 0 Å². The second-order valence-electron chi connectivity index (χ2n) is 20.8. The highest BCUT2D eigenvalue weighted by Crippen LogP contribution is 2.41. The number of aryl methyl sites for hydroxylation is 1. The number of oxazole rings is 1. The fourth-order valence-corrected chi connectivity index (χ4v) is 15.3. The van der Waals surface area contributed by atoms with Crippen molar-refractivity contribution in [2.75, 3.05) is 0 Å². The fraction of sp³-hybridized carbons (Fsp3) is 0.0794. The average molecular weight is 1120 g/mol. The molecule has 0 unspecified atom stereocenters. The molecule has 0 bridgehead atoms. The highest BCUT2D eigenvalue weighted by atomic mass is 32.2. The van der Waals surface area contributed by atoms with Gasteiger partial charge in [0.05, 0.1) is 41.7 Å². The van der Waals surface area contributed by atoms with E-state index in [1.165, 1.54) is 64.0 Å². The number of para-hydroxylation sites is 1. The zero-order chi connectivity index (χ0) is 54.4. The maximum atomic E-state index is 6.01. The summed E-state index contributed by atoms with van der Waals surface area (Å²) >= 11 is 3.66. The van der Waals surface area contributed by atoms with Crippen LogP contribution in [0.25, 0.3) is 121 Å². The Bertz CT molecular complexity index is 5510. The predicted molar refractivity (Wildman–Crippen MR) is 314 cm³/mol. The number of benzene rings is 1. The van der Waals surface area contributed by atoms with E-state index in [1.54, 1.807) is 12.4 Å². The summed E-state index contributed by atoms with van der Waals surface area (Å²) in [6.07, 6.45) is 20.8. The molecule has 83 heavy (non-hydrogen) atoms. The second kappa shape index (κ2) is 17.6. The first-order valence-electron chi connectivity index (χ1n) is 27.1. The van der Waals surface area contributed by atoms with Gasteiger partial charge in [-0.05, 0) is 90.2 Å². The Morgan fingerprint density at radius 3 is 1.87 bits per heavy atom. The number of hydrogen-bond acceptors (Lipinski definition) is 11. The Morgan fingerprint density at radius 1 is 0.494 bits per heavy atom.